The molecule has 1 aromatic rings. The summed E-state index contributed by atoms with van der Waals surface area (Å²) in [5.41, 5.74) is 2.38. The van der Waals surface area contributed by atoms with Crippen LogP contribution in [0.15, 0.2) is 24.3 Å². The van der Waals surface area contributed by atoms with Gasteiger partial charge in [0, 0.05) is 19.1 Å². The maximum absolute atomic E-state index is 12.2. The number of carboxylic acids is 1. The zero-order chi connectivity index (χ0) is 15.2. The Morgan fingerprint density at radius 1 is 1.24 bits per heavy atom. The van der Waals surface area contributed by atoms with Crippen LogP contribution in [-0.2, 0) is 17.8 Å². The lowest BCUT2D eigenvalue weighted by Gasteiger charge is -2.23. The molecule has 1 aliphatic carbocycles. The van der Waals surface area contributed by atoms with Crippen LogP contribution in [-0.4, -0.2) is 34.6 Å². The zero-order valence-electron chi connectivity index (χ0n) is 12.3. The van der Waals surface area contributed by atoms with Crippen LogP contribution in [0.5, 0.6) is 0 Å². The molecule has 21 heavy (non-hydrogen) atoms. The van der Waals surface area contributed by atoms with Crippen molar-refractivity contribution in [3.8, 4) is 0 Å². The summed E-state index contributed by atoms with van der Waals surface area (Å²) in [6, 6.07) is 8.40. The van der Waals surface area contributed by atoms with Gasteiger partial charge in [0.2, 0.25) is 0 Å². The molecule has 0 aliphatic heterocycles. The van der Waals surface area contributed by atoms with Crippen molar-refractivity contribution >= 4 is 12.0 Å². The van der Waals surface area contributed by atoms with Gasteiger partial charge in [0.15, 0.2) is 0 Å². The summed E-state index contributed by atoms with van der Waals surface area (Å²) in [6.07, 6.45) is 3.01. The van der Waals surface area contributed by atoms with Gasteiger partial charge in [-0.3, -0.25) is 4.79 Å². The molecule has 5 nitrogen and oxygen atoms in total. The molecule has 1 aromatic carbocycles. The fourth-order valence-electron chi connectivity index (χ4n) is 2.21. The number of carbonyl (C=O) groups is 2. The molecule has 5 heteroatoms. The molecule has 0 bridgehead atoms. The van der Waals surface area contributed by atoms with Gasteiger partial charge in [0.25, 0.3) is 0 Å². The van der Waals surface area contributed by atoms with Crippen LogP contribution in [0.1, 0.15) is 37.3 Å². The van der Waals surface area contributed by atoms with E-state index in [1.807, 2.05) is 4.90 Å². The van der Waals surface area contributed by atoms with Crippen molar-refractivity contribution in [3.05, 3.63) is 35.4 Å². The zero-order valence-corrected chi connectivity index (χ0v) is 12.3. The normalized spacial score (nSPS) is 13.8. The predicted molar refractivity (Wildman–Crippen MR) is 80.0 cm³/mol. The summed E-state index contributed by atoms with van der Waals surface area (Å²) < 4.78 is 0. The van der Waals surface area contributed by atoms with E-state index in [1.54, 1.807) is 0 Å². The van der Waals surface area contributed by atoms with Crippen molar-refractivity contribution in [2.45, 2.75) is 45.2 Å². The molecule has 1 saturated carbocycles. The number of hydrogen-bond acceptors (Lipinski definition) is 2. The molecule has 1 aliphatic rings. The number of amides is 2. The number of aryl methyl sites for hydroxylation is 1. The lowest BCUT2D eigenvalue weighted by atomic mass is 10.1. The third kappa shape index (κ3) is 4.77. The van der Waals surface area contributed by atoms with E-state index in [4.69, 9.17) is 5.11 Å². The van der Waals surface area contributed by atoms with Crippen molar-refractivity contribution in [3.63, 3.8) is 0 Å². The van der Waals surface area contributed by atoms with Crippen LogP contribution >= 0.6 is 0 Å². The van der Waals surface area contributed by atoms with Gasteiger partial charge in [-0.05, 0) is 30.4 Å². The van der Waals surface area contributed by atoms with Crippen molar-refractivity contribution in [2.75, 3.05) is 6.54 Å². The monoisotopic (exact) mass is 290 g/mol. The fraction of sp³-hybridized carbons (Fsp3) is 0.500. The molecule has 114 valence electrons. The van der Waals surface area contributed by atoms with Gasteiger partial charge in [0.05, 0.1) is 6.42 Å². The number of hydrogen-bond donors (Lipinski definition) is 2. The van der Waals surface area contributed by atoms with E-state index in [0.717, 1.165) is 24.8 Å². The van der Waals surface area contributed by atoms with Gasteiger partial charge in [0.1, 0.15) is 0 Å². The second-order valence-corrected chi connectivity index (χ2v) is 5.40. The molecule has 0 atom stereocenters. The minimum Gasteiger partial charge on any atom is -0.481 e. The van der Waals surface area contributed by atoms with Crippen LogP contribution in [0.2, 0.25) is 0 Å². The Morgan fingerprint density at radius 2 is 1.86 bits per heavy atom. The van der Waals surface area contributed by atoms with E-state index in [-0.39, 0.29) is 19.0 Å². The third-order valence-electron chi connectivity index (χ3n) is 3.65. The number of aliphatic carboxylic acids is 1. The van der Waals surface area contributed by atoms with Crippen molar-refractivity contribution in [1.29, 1.82) is 0 Å². The van der Waals surface area contributed by atoms with E-state index in [9.17, 15) is 9.59 Å². The van der Waals surface area contributed by atoms with Gasteiger partial charge in [-0.2, -0.15) is 0 Å². The molecule has 0 radical (unpaired) electrons. The maximum Gasteiger partial charge on any atom is 0.317 e. The van der Waals surface area contributed by atoms with Gasteiger partial charge >= 0.3 is 12.0 Å². The average molecular weight is 290 g/mol. The molecule has 0 spiro atoms. The highest BCUT2D eigenvalue weighted by molar-refractivity contribution is 5.76. The Kier molecular flexibility index (Phi) is 5.20. The van der Waals surface area contributed by atoms with E-state index >= 15 is 0 Å². The minimum absolute atomic E-state index is 0.0462. The van der Waals surface area contributed by atoms with Gasteiger partial charge in [-0.1, -0.05) is 31.2 Å². The highest BCUT2D eigenvalue weighted by atomic mass is 16.4. The standard InChI is InChI=1S/C16H22N2O3/c1-2-12-3-5-13(6-4-12)11-18(14-7-8-14)16(21)17-10-9-15(19)20/h3-6,14H,2,7-11H2,1H3,(H,17,21)(H,19,20). The number of benzene rings is 1. The number of nitrogens with zero attached hydrogens (tertiary/aromatic N) is 1. The van der Waals surface area contributed by atoms with Gasteiger partial charge in [-0.25, -0.2) is 4.79 Å². The lowest BCUT2D eigenvalue weighted by Crippen LogP contribution is -2.41. The Bertz CT molecular complexity index is 495. The Labute approximate surface area is 125 Å². The fourth-order valence-corrected chi connectivity index (χ4v) is 2.21. The van der Waals surface area contributed by atoms with Crippen LogP contribution in [0, 0.1) is 0 Å². The maximum atomic E-state index is 12.2. The summed E-state index contributed by atoms with van der Waals surface area (Å²) in [5, 5.41) is 11.3. The van der Waals surface area contributed by atoms with E-state index < -0.39 is 5.97 Å². The van der Waals surface area contributed by atoms with Crippen LogP contribution in [0.3, 0.4) is 0 Å². The number of carbonyl (C=O) groups excluding carboxylic acids is 1. The summed E-state index contributed by atoms with van der Waals surface area (Å²) in [4.78, 5) is 24.4. The molecule has 2 rings (SSSR count). The molecule has 0 heterocycles. The van der Waals surface area contributed by atoms with Crippen LogP contribution < -0.4 is 5.32 Å². The second-order valence-electron chi connectivity index (χ2n) is 5.40. The van der Waals surface area contributed by atoms with E-state index in [0.29, 0.717) is 12.6 Å². The summed E-state index contributed by atoms with van der Waals surface area (Å²) in [6.45, 7) is 2.86. The number of nitrogens with one attached hydrogen (secondary N) is 1. The van der Waals surface area contributed by atoms with Crippen molar-refractivity contribution in [2.24, 2.45) is 0 Å². The molecular formula is C16H22N2O3. The first-order valence-corrected chi connectivity index (χ1v) is 7.44. The number of urea groups is 1. The molecule has 2 amide bonds. The first-order chi connectivity index (χ1) is 10.1. The summed E-state index contributed by atoms with van der Waals surface area (Å²) in [5.74, 6) is -0.900. The molecule has 0 unspecified atom stereocenters. The van der Waals surface area contributed by atoms with Gasteiger partial charge < -0.3 is 15.3 Å². The van der Waals surface area contributed by atoms with Crippen molar-refractivity contribution in [1.82, 2.24) is 10.2 Å². The first-order valence-electron chi connectivity index (χ1n) is 7.44. The topological polar surface area (TPSA) is 69.6 Å². The Morgan fingerprint density at radius 3 is 2.38 bits per heavy atom. The molecule has 1 fully saturated rings. The first kappa shape index (κ1) is 15.4. The number of carboxylic acid groups (broad SMARTS) is 1. The molecular weight excluding hydrogens is 268 g/mol. The lowest BCUT2D eigenvalue weighted by molar-refractivity contribution is -0.136. The highest BCUT2D eigenvalue weighted by Crippen LogP contribution is 2.28. The molecule has 0 aromatic heterocycles. The Balaban J connectivity index is 1.91. The smallest absolute Gasteiger partial charge is 0.317 e. The summed E-state index contributed by atoms with van der Waals surface area (Å²) >= 11 is 0. The molecule has 0 saturated heterocycles. The van der Waals surface area contributed by atoms with Crippen molar-refractivity contribution < 1.29 is 14.7 Å². The predicted octanol–water partition coefficient (Wildman–Crippen LogP) is 2.40. The quantitative estimate of drug-likeness (QED) is 0.810. The van der Waals surface area contributed by atoms with E-state index in [1.165, 1.54) is 5.56 Å². The van der Waals surface area contributed by atoms with Crippen LogP contribution in [0.25, 0.3) is 0 Å². The van der Waals surface area contributed by atoms with Crippen LogP contribution in [0.4, 0.5) is 4.79 Å². The van der Waals surface area contributed by atoms with E-state index in [2.05, 4.69) is 36.5 Å². The Hall–Kier alpha value is -2.04. The highest BCUT2D eigenvalue weighted by Gasteiger charge is 2.32. The summed E-state index contributed by atoms with van der Waals surface area (Å²) in [7, 11) is 0. The molecule has 2 N–H and O–H groups in total. The second kappa shape index (κ2) is 7.11. The largest absolute Gasteiger partial charge is 0.481 e. The van der Waals surface area contributed by atoms with Gasteiger partial charge in [-0.15, -0.1) is 0 Å². The minimum atomic E-state index is -0.900. The number of rotatable bonds is 7. The average Bonchev–Trinajstić information content (AvgIpc) is 3.29. The SMILES string of the molecule is CCc1ccc(CN(C(=O)NCCC(=O)O)C2CC2)cc1. The third-order valence-corrected chi connectivity index (χ3v) is 3.65.